The van der Waals surface area contributed by atoms with Gasteiger partial charge in [-0.1, -0.05) is 6.92 Å². The zero-order valence-electron chi connectivity index (χ0n) is 11.6. The first-order valence-corrected chi connectivity index (χ1v) is 6.26. The molecule has 0 atom stereocenters. The van der Waals surface area contributed by atoms with Gasteiger partial charge in [0.1, 0.15) is 6.26 Å². The molecule has 0 saturated heterocycles. The summed E-state index contributed by atoms with van der Waals surface area (Å²) in [6.45, 7) is 8.01. The van der Waals surface area contributed by atoms with Crippen molar-refractivity contribution in [3.63, 3.8) is 0 Å². The Hall–Kier alpha value is -2.11. The molecular formula is C13H17N3O3. The van der Waals surface area contributed by atoms with E-state index in [1.165, 1.54) is 6.26 Å². The minimum atomic E-state index is -0.491. The largest absolute Gasteiger partial charge is 0.461 e. The third kappa shape index (κ3) is 2.38. The predicted octanol–water partition coefficient (Wildman–Crippen LogP) is 2.22. The molecule has 19 heavy (non-hydrogen) atoms. The normalized spacial score (nSPS) is 10.7. The van der Waals surface area contributed by atoms with Gasteiger partial charge >= 0.3 is 12.0 Å². The van der Waals surface area contributed by atoms with Gasteiger partial charge in [-0.2, -0.15) is 14.8 Å². The lowest BCUT2D eigenvalue weighted by Crippen LogP contribution is -2.06. The zero-order valence-corrected chi connectivity index (χ0v) is 11.6. The number of aromatic nitrogens is 3. The van der Waals surface area contributed by atoms with Crippen LogP contribution in [-0.4, -0.2) is 27.3 Å². The molecule has 0 bridgehead atoms. The van der Waals surface area contributed by atoms with Crippen LogP contribution in [0.5, 0.6) is 0 Å². The summed E-state index contributed by atoms with van der Waals surface area (Å²) in [5.74, 6) is -0.491. The van der Waals surface area contributed by atoms with Crippen LogP contribution in [0.2, 0.25) is 0 Å². The number of nitrogens with zero attached hydrogens (tertiary/aromatic N) is 3. The molecule has 0 aliphatic carbocycles. The van der Waals surface area contributed by atoms with Gasteiger partial charge in [-0.25, -0.2) is 4.79 Å². The smallest absolute Gasteiger partial charge is 0.360 e. The van der Waals surface area contributed by atoms with E-state index in [4.69, 9.17) is 9.15 Å². The Morgan fingerprint density at radius 2 is 2.16 bits per heavy atom. The lowest BCUT2D eigenvalue weighted by atomic mass is 10.1. The Labute approximate surface area is 111 Å². The molecule has 2 aromatic rings. The quantitative estimate of drug-likeness (QED) is 0.791. The topological polar surface area (TPSA) is 70.2 Å². The van der Waals surface area contributed by atoms with Crippen LogP contribution in [0.4, 0.5) is 0 Å². The van der Waals surface area contributed by atoms with Gasteiger partial charge in [0, 0.05) is 5.69 Å². The molecular weight excluding hydrogens is 246 g/mol. The minimum absolute atomic E-state index is 0.155. The molecule has 6 heteroatoms. The summed E-state index contributed by atoms with van der Waals surface area (Å²) in [5, 5.41) is 4.38. The van der Waals surface area contributed by atoms with E-state index in [0.717, 1.165) is 23.4 Å². The maximum atomic E-state index is 11.5. The average Bonchev–Trinajstić information content (AvgIpc) is 2.95. The molecule has 2 rings (SSSR count). The third-order valence-corrected chi connectivity index (χ3v) is 2.95. The van der Waals surface area contributed by atoms with E-state index in [0.29, 0.717) is 6.61 Å². The van der Waals surface area contributed by atoms with Crippen LogP contribution < -0.4 is 0 Å². The van der Waals surface area contributed by atoms with Crippen molar-refractivity contribution in [1.29, 1.82) is 0 Å². The van der Waals surface area contributed by atoms with Crippen LogP contribution in [0.25, 0.3) is 6.01 Å². The number of aryl methyl sites for hydroxylation is 1. The van der Waals surface area contributed by atoms with Crippen LogP contribution >= 0.6 is 0 Å². The summed E-state index contributed by atoms with van der Waals surface area (Å²) < 4.78 is 11.8. The molecule has 0 unspecified atom stereocenters. The van der Waals surface area contributed by atoms with Crippen molar-refractivity contribution in [2.45, 2.75) is 34.1 Å². The van der Waals surface area contributed by atoms with Gasteiger partial charge in [-0.05, 0) is 32.8 Å². The fraction of sp³-hybridized carbons (Fsp3) is 0.462. The Kier molecular flexibility index (Phi) is 3.69. The number of carbonyl (C=O) groups is 1. The highest BCUT2D eigenvalue weighted by molar-refractivity contribution is 5.86. The van der Waals surface area contributed by atoms with Gasteiger partial charge in [0.25, 0.3) is 0 Å². The maximum absolute atomic E-state index is 11.5. The van der Waals surface area contributed by atoms with Crippen molar-refractivity contribution in [2.75, 3.05) is 6.61 Å². The first-order valence-electron chi connectivity index (χ1n) is 6.26. The summed E-state index contributed by atoms with van der Waals surface area (Å²) >= 11 is 0. The summed E-state index contributed by atoms with van der Waals surface area (Å²) in [6, 6.07) is 0.281. The highest BCUT2D eigenvalue weighted by atomic mass is 16.5. The van der Waals surface area contributed by atoms with E-state index < -0.39 is 5.97 Å². The fourth-order valence-corrected chi connectivity index (χ4v) is 2.03. The van der Waals surface area contributed by atoms with Gasteiger partial charge in [-0.15, -0.1) is 0 Å². The maximum Gasteiger partial charge on any atom is 0.360 e. The summed E-state index contributed by atoms with van der Waals surface area (Å²) in [7, 11) is 0. The lowest BCUT2D eigenvalue weighted by Gasteiger charge is -1.98. The van der Waals surface area contributed by atoms with Crippen molar-refractivity contribution < 1.29 is 13.9 Å². The van der Waals surface area contributed by atoms with Crippen LogP contribution in [0, 0.1) is 13.8 Å². The highest BCUT2D eigenvalue weighted by Crippen LogP contribution is 2.18. The molecule has 102 valence electrons. The number of ether oxygens (including phenoxy) is 1. The van der Waals surface area contributed by atoms with E-state index in [-0.39, 0.29) is 11.7 Å². The van der Waals surface area contributed by atoms with E-state index in [1.54, 1.807) is 11.6 Å². The molecule has 0 fully saturated rings. The standard InChI is InChI=1S/C13H17N3O3/c1-5-10-8(3)15-16(9(10)4)13-14-11(7-19-13)12(17)18-6-2/h7H,5-6H2,1-4H3. The molecule has 2 aromatic heterocycles. The Bertz CT molecular complexity index is 598. The van der Waals surface area contributed by atoms with Gasteiger partial charge in [0.2, 0.25) is 0 Å². The second-order valence-corrected chi connectivity index (χ2v) is 4.15. The molecule has 0 saturated carbocycles. The van der Waals surface area contributed by atoms with Crippen LogP contribution in [0.15, 0.2) is 10.7 Å². The van der Waals surface area contributed by atoms with Gasteiger partial charge in [-0.3, -0.25) is 0 Å². The second-order valence-electron chi connectivity index (χ2n) is 4.15. The number of esters is 1. The van der Waals surface area contributed by atoms with Gasteiger partial charge in [0.15, 0.2) is 5.69 Å². The number of hydrogen-bond acceptors (Lipinski definition) is 5. The van der Waals surface area contributed by atoms with Gasteiger partial charge < -0.3 is 9.15 Å². The molecule has 6 nitrogen and oxygen atoms in total. The second kappa shape index (κ2) is 5.26. The SMILES string of the molecule is CCOC(=O)c1coc(-n2nc(C)c(CC)c2C)n1. The molecule has 0 amide bonds. The van der Waals surface area contributed by atoms with Crippen molar-refractivity contribution in [3.8, 4) is 6.01 Å². The number of hydrogen-bond donors (Lipinski definition) is 0. The summed E-state index contributed by atoms with van der Waals surface area (Å²) in [5.41, 5.74) is 3.23. The first kappa shape index (κ1) is 13.3. The Morgan fingerprint density at radius 1 is 1.42 bits per heavy atom. The van der Waals surface area contributed by atoms with E-state index in [1.807, 2.05) is 13.8 Å². The van der Waals surface area contributed by atoms with Gasteiger partial charge in [0.05, 0.1) is 12.3 Å². The summed E-state index contributed by atoms with van der Waals surface area (Å²) in [6.07, 6.45) is 2.18. The van der Waals surface area contributed by atoms with Crippen LogP contribution in [-0.2, 0) is 11.2 Å². The van der Waals surface area contributed by atoms with E-state index >= 15 is 0 Å². The van der Waals surface area contributed by atoms with Crippen molar-refractivity contribution in [1.82, 2.24) is 14.8 Å². The van der Waals surface area contributed by atoms with E-state index in [2.05, 4.69) is 17.0 Å². The average molecular weight is 263 g/mol. The highest BCUT2D eigenvalue weighted by Gasteiger charge is 2.18. The Morgan fingerprint density at radius 3 is 2.74 bits per heavy atom. The molecule has 0 spiro atoms. The molecule has 0 aliphatic heterocycles. The lowest BCUT2D eigenvalue weighted by molar-refractivity contribution is 0.0519. The molecule has 2 heterocycles. The Balaban J connectivity index is 2.35. The van der Waals surface area contributed by atoms with Crippen molar-refractivity contribution in [2.24, 2.45) is 0 Å². The third-order valence-electron chi connectivity index (χ3n) is 2.95. The zero-order chi connectivity index (χ0) is 14.0. The monoisotopic (exact) mass is 263 g/mol. The van der Waals surface area contributed by atoms with Crippen LogP contribution in [0.3, 0.4) is 0 Å². The number of rotatable bonds is 4. The summed E-state index contributed by atoms with van der Waals surface area (Å²) in [4.78, 5) is 15.6. The first-order chi connectivity index (χ1) is 9.08. The molecule has 0 aliphatic rings. The van der Waals surface area contributed by atoms with Crippen molar-refractivity contribution >= 4 is 5.97 Å². The molecule has 0 N–H and O–H groups in total. The minimum Gasteiger partial charge on any atom is -0.461 e. The number of oxazole rings is 1. The molecule has 0 radical (unpaired) electrons. The van der Waals surface area contributed by atoms with E-state index in [9.17, 15) is 4.79 Å². The molecule has 0 aromatic carbocycles. The van der Waals surface area contributed by atoms with Crippen molar-refractivity contribution in [3.05, 3.63) is 28.9 Å². The van der Waals surface area contributed by atoms with Crippen LogP contribution in [0.1, 0.15) is 41.3 Å². The predicted molar refractivity (Wildman–Crippen MR) is 68.4 cm³/mol. The fourth-order valence-electron chi connectivity index (χ4n) is 2.03. The number of carbonyl (C=O) groups excluding carboxylic acids is 1.